The molecule has 2 rings (SSSR count). The van der Waals surface area contributed by atoms with Crippen molar-refractivity contribution >= 4 is 10.0 Å². The van der Waals surface area contributed by atoms with Crippen molar-refractivity contribution in [1.29, 1.82) is 0 Å². The van der Waals surface area contributed by atoms with Crippen LogP contribution in [0.15, 0.2) is 23.1 Å². The molecule has 0 aromatic heterocycles. The van der Waals surface area contributed by atoms with Crippen molar-refractivity contribution in [2.45, 2.75) is 57.0 Å². The second-order valence-electron chi connectivity index (χ2n) is 6.19. The van der Waals surface area contributed by atoms with Crippen LogP contribution >= 0.6 is 0 Å². The number of halogens is 1. The second-order valence-corrected chi connectivity index (χ2v) is 7.93. The van der Waals surface area contributed by atoms with Crippen LogP contribution in [0.5, 0.6) is 0 Å². The van der Waals surface area contributed by atoms with Crippen LogP contribution in [0.4, 0.5) is 4.39 Å². The third kappa shape index (κ3) is 4.06. The van der Waals surface area contributed by atoms with Gasteiger partial charge in [0.25, 0.3) is 0 Å². The van der Waals surface area contributed by atoms with E-state index in [-0.39, 0.29) is 10.9 Å². The molecule has 0 bridgehead atoms. The Morgan fingerprint density at radius 1 is 1.41 bits per heavy atom. The van der Waals surface area contributed by atoms with E-state index in [1.54, 1.807) is 6.92 Å². The second kappa shape index (κ2) is 7.06. The number of piperidine rings is 1. The maximum Gasteiger partial charge on any atom is 0.240 e. The molecule has 0 unspecified atom stereocenters. The average Bonchev–Trinajstić information content (AvgIpc) is 2.45. The zero-order valence-corrected chi connectivity index (χ0v) is 14.3. The Hall–Kier alpha value is -0.980. The fourth-order valence-electron chi connectivity index (χ4n) is 3.11. The van der Waals surface area contributed by atoms with Gasteiger partial charge in [0.1, 0.15) is 5.82 Å². The van der Waals surface area contributed by atoms with Crippen LogP contribution in [-0.4, -0.2) is 38.5 Å². The molecule has 1 aromatic carbocycles. The highest BCUT2D eigenvalue weighted by atomic mass is 32.2. The minimum atomic E-state index is -3.60. The molecule has 22 heavy (non-hydrogen) atoms. The fourth-order valence-corrected chi connectivity index (χ4v) is 4.46. The first-order chi connectivity index (χ1) is 10.3. The summed E-state index contributed by atoms with van der Waals surface area (Å²) in [5.41, 5.74) is 0.423. The number of sulfonamides is 1. The van der Waals surface area contributed by atoms with Crippen molar-refractivity contribution in [2.24, 2.45) is 0 Å². The molecule has 0 radical (unpaired) electrons. The van der Waals surface area contributed by atoms with E-state index in [4.69, 9.17) is 0 Å². The predicted octanol–water partition coefficient (Wildman–Crippen LogP) is 2.68. The largest absolute Gasteiger partial charge is 0.297 e. The number of aryl methyl sites for hydroxylation is 1. The lowest BCUT2D eigenvalue weighted by atomic mass is 10.0. The third-order valence-corrected chi connectivity index (χ3v) is 6.00. The van der Waals surface area contributed by atoms with Gasteiger partial charge in [0.15, 0.2) is 0 Å². The number of nitrogens with one attached hydrogen (secondary N) is 1. The number of hydrogen-bond donors (Lipinski definition) is 1. The molecule has 0 saturated carbocycles. The molecule has 0 amide bonds. The molecule has 2 atom stereocenters. The topological polar surface area (TPSA) is 49.4 Å². The van der Waals surface area contributed by atoms with Crippen molar-refractivity contribution in [3.05, 3.63) is 29.6 Å². The van der Waals surface area contributed by atoms with Crippen molar-refractivity contribution in [2.75, 3.05) is 13.1 Å². The van der Waals surface area contributed by atoms with E-state index in [0.717, 1.165) is 13.0 Å². The molecule has 1 N–H and O–H groups in total. The Morgan fingerprint density at radius 2 is 2.14 bits per heavy atom. The lowest BCUT2D eigenvalue weighted by Gasteiger charge is -2.38. The average molecular weight is 328 g/mol. The summed E-state index contributed by atoms with van der Waals surface area (Å²) in [5, 5.41) is 0. The molecular weight excluding hydrogens is 303 g/mol. The molecule has 0 aliphatic carbocycles. The van der Waals surface area contributed by atoms with Crippen LogP contribution in [0.3, 0.4) is 0 Å². The summed E-state index contributed by atoms with van der Waals surface area (Å²) in [6.07, 6.45) is 3.57. The van der Waals surface area contributed by atoms with Crippen molar-refractivity contribution < 1.29 is 12.8 Å². The number of nitrogens with zero attached hydrogens (tertiary/aromatic N) is 1. The molecule has 4 nitrogen and oxygen atoms in total. The maximum atomic E-state index is 13.1. The van der Waals surface area contributed by atoms with Gasteiger partial charge in [-0.3, -0.25) is 4.90 Å². The number of hydrogen-bond acceptors (Lipinski definition) is 3. The van der Waals surface area contributed by atoms with Crippen molar-refractivity contribution in [3.8, 4) is 0 Å². The summed E-state index contributed by atoms with van der Waals surface area (Å²) in [7, 11) is -3.60. The maximum absolute atomic E-state index is 13.1. The summed E-state index contributed by atoms with van der Waals surface area (Å²) in [6.45, 7) is 7.22. The van der Waals surface area contributed by atoms with E-state index in [1.807, 2.05) is 6.92 Å². The minimum absolute atomic E-state index is 0.144. The highest BCUT2D eigenvalue weighted by Gasteiger charge is 2.25. The van der Waals surface area contributed by atoms with Crippen LogP contribution in [0.2, 0.25) is 0 Å². The van der Waals surface area contributed by atoms with E-state index >= 15 is 0 Å². The summed E-state index contributed by atoms with van der Waals surface area (Å²) < 4.78 is 40.5. The molecule has 1 aromatic rings. The van der Waals surface area contributed by atoms with Gasteiger partial charge in [-0.2, -0.15) is 0 Å². The number of benzene rings is 1. The lowest BCUT2D eigenvalue weighted by Crippen LogP contribution is -2.48. The lowest BCUT2D eigenvalue weighted by molar-refractivity contribution is 0.116. The highest BCUT2D eigenvalue weighted by molar-refractivity contribution is 7.89. The van der Waals surface area contributed by atoms with Crippen LogP contribution < -0.4 is 4.72 Å². The first-order valence-corrected chi connectivity index (χ1v) is 9.31. The number of rotatable bonds is 5. The Kier molecular flexibility index (Phi) is 5.58. The molecule has 1 saturated heterocycles. The van der Waals surface area contributed by atoms with E-state index < -0.39 is 15.8 Å². The molecule has 6 heteroatoms. The summed E-state index contributed by atoms with van der Waals surface area (Å²) in [6, 6.07) is 4.37. The predicted molar refractivity (Wildman–Crippen MR) is 85.8 cm³/mol. The van der Waals surface area contributed by atoms with Gasteiger partial charge in [0.05, 0.1) is 4.90 Å². The van der Waals surface area contributed by atoms with E-state index in [9.17, 15) is 12.8 Å². The van der Waals surface area contributed by atoms with Gasteiger partial charge < -0.3 is 0 Å². The first-order valence-electron chi connectivity index (χ1n) is 7.83. The Balaban J connectivity index is 2.03. The van der Waals surface area contributed by atoms with Gasteiger partial charge in [-0.25, -0.2) is 17.5 Å². The Morgan fingerprint density at radius 3 is 2.77 bits per heavy atom. The molecule has 0 spiro atoms. The zero-order valence-electron chi connectivity index (χ0n) is 13.5. The summed E-state index contributed by atoms with van der Waals surface area (Å²) in [5.74, 6) is -0.424. The van der Waals surface area contributed by atoms with Crippen LogP contribution in [0.25, 0.3) is 0 Å². The van der Waals surface area contributed by atoms with E-state index in [1.165, 1.54) is 31.0 Å². The molecule has 124 valence electrons. The summed E-state index contributed by atoms with van der Waals surface area (Å²) in [4.78, 5) is 2.50. The number of likely N-dealkylation sites (tertiary alicyclic amines) is 1. The Bertz CT molecular complexity index is 619. The molecule has 1 heterocycles. The fraction of sp³-hybridized carbons (Fsp3) is 0.625. The Labute approximate surface area is 132 Å². The van der Waals surface area contributed by atoms with Crippen molar-refractivity contribution in [1.82, 2.24) is 9.62 Å². The first kappa shape index (κ1) is 17.4. The molecule has 1 aliphatic heterocycles. The minimum Gasteiger partial charge on any atom is -0.297 e. The van der Waals surface area contributed by atoms with Gasteiger partial charge in [-0.05, 0) is 63.9 Å². The molecule has 1 aliphatic rings. The molecule has 1 fully saturated rings. The van der Waals surface area contributed by atoms with Gasteiger partial charge >= 0.3 is 0 Å². The highest BCUT2D eigenvalue weighted by Crippen LogP contribution is 2.20. The third-order valence-electron chi connectivity index (χ3n) is 4.42. The monoisotopic (exact) mass is 328 g/mol. The zero-order chi connectivity index (χ0) is 16.3. The molecular formula is C16H25FN2O2S. The van der Waals surface area contributed by atoms with E-state index in [2.05, 4.69) is 16.5 Å². The van der Waals surface area contributed by atoms with Gasteiger partial charge in [-0.1, -0.05) is 6.42 Å². The van der Waals surface area contributed by atoms with Crippen LogP contribution in [0.1, 0.15) is 38.7 Å². The van der Waals surface area contributed by atoms with Crippen LogP contribution in [-0.2, 0) is 10.0 Å². The van der Waals surface area contributed by atoms with Crippen molar-refractivity contribution in [3.63, 3.8) is 0 Å². The van der Waals surface area contributed by atoms with E-state index in [0.29, 0.717) is 18.2 Å². The van der Waals surface area contributed by atoms with Gasteiger partial charge in [0.2, 0.25) is 10.0 Å². The SMILES string of the molecule is Cc1cc(F)ccc1S(=O)(=O)NC[C@H](C)N1CCCC[C@H]1C. The summed E-state index contributed by atoms with van der Waals surface area (Å²) >= 11 is 0. The quantitative estimate of drug-likeness (QED) is 0.904. The van der Waals surface area contributed by atoms with Gasteiger partial charge in [-0.15, -0.1) is 0 Å². The van der Waals surface area contributed by atoms with Gasteiger partial charge in [0, 0.05) is 18.6 Å². The van der Waals surface area contributed by atoms with Crippen LogP contribution in [0, 0.1) is 12.7 Å². The smallest absolute Gasteiger partial charge is 0.240 e. The normalized spacial score (nSPS) is 21.7. The standard InChI is InChI=1S/C16H25FN2O2S/c1-12-10-15(17)7-8-16(12)22(20,21)18-11-14(3)19-9-5-4-6-13(19)2/h7-8,10,13-14,18H,4-6,9,11H2,1-3H3/t13-,14+/m1/s1.